The molecule has 1 heterocycles. The van der Waals surface area contributed by atoms with E-state index in [1.54, 1.807) is 0 Å². The van der Waals surface area contributed by atoms with Gasteiger partial charge in [0.15, 0.2) is 0 Å². The number of aromatic nitrogens is 1. The predicted molar refractivity (Wildman–Crippen MR) is 43.5 cm³/mol. The van der Waals surface area contributed by atoms with Crippen LogP contribution in [0.5, 0.6) is 0 Å². The minimum Gasteiger partial charge on any atom is -0.227 e. The number of nitriles is 1. The molecule has 0 radical (unpaired) electrons. The van der Waals surface area contributed by atoms with Crippen LogP contribution in [0.1, 0.15) is 23.1 Å². The Morgan fingerprint density at radius 2 is 1.94 bits per heavy atom. The highest BCUT2D eigenvalue weighted by atomic mass is 19.4. The second-order valence-corrected chi connectivity index (χ2v) is 2.99. The lowest BCUT2D eigenvalue weighted by atomic mass is 10.0. The summed E-state index contributed by atoms with van der Waals surface area (Å²) in [5.74, 6) is -1.49. The maximum atomic E-state index is 13.0. The third-order valence-electron chi connectivity index (χ3n) is 1.95. The first-order valence-electron chi connectivity index (χ1n) is 4.18. The van der Waals surface area contributed by atoms with Gasteiger partial charge in [-0.05, 0) is 0 Å². The van der Waals surface area contributed by atoms with Crippen molar-refractivity contribution in [1.29, 1.82) is 5.26 Å². The van der Waals surface area contributed by atoms with Crippen molar-refractivity contribution in [1.82, 2.24) is 4.98 Å². The minimum atomic E-state index is -5.07. The SMILES string of the molecule is N#CCc1c(F)ncc(C(F)(F)F)c1C(F)F. The predicted octanol–water partition coefficient (Wildman–Crippen LogP) is 3.24. The van der Waals surface area contributed by atoms with E-state index in [4.69, 9.17) is 5.26 Å². The lowest BCUT2D eigenvalue weighted by molar-refractivity contribution is -0.139. The van der Waals surface area contributed by atoms with Gasteiger partial charge in [-0.2, -0.15) is 22.8 Å². The van der Waals surface area contributed by atoms with Gasteiger partial charge in [0, 0.05) is 17.3 Å². The van der Waals surface area contributed by atoms with Gasteiger partial charge >= 0.3 is 6.18 Å². The van der Waals surface area contributed by atoms with Crippen LogP contribution in [0.15, 0.2) is 6.20 Å². The van der Waals surface area contributed by atoms with Gasteiger partial charge in [-0.1, -0.05) is 0 Å². The van der Waals surface area contributed by atoms with Crippen molar-refractivity contribution in [3.63, 3.8) is 0 Å². The molecule has 0 saturated carbocycles. The lowest BCUT2D eigenvalue weighted by Crippen LogP contribution is -2.14. The van der Waals surface area contributed by atoms with Gasteiger partial charge in [0.05, 0.1) is 18.1 Å². The number of alkyl halides is 5. The van der Waals surface area contributed by atoms with Gasteiger partial charge in [-0.25, -0.2) is 13.8 Å². The number of halogens is 6. The van der Waals surface area contributed by atoms with Crippen molar-refractivity contribution in [3.05, 3.63) is 28.8 Å². The molecule has 0 aliphatic heterocycles. The molecule has 8 heteroatoms. The summed E-state index contributed by atoms with van der Waals surface area (Å²) in [6.45, 7) is 0. The van der Waals surface area contributed by atoms with Crippen LogP contribution < -0.4 is 0 Å². The first-order valence-corrected chi connectivity index (χ1v) is 4.18. The van der Waals surface area contributed by atoms with Crippen molar-refractivity contribution in [2.75, 3.05) is 0 Å². The molecule has 0 aromatic carbocycles. The van der Waals surface area contributed by atoms with Crippen molar-refractivity contribution in [2.24, 2.45) is 0 Å². The summed E-state index contributed by atoms with van der Waals surface area (Å²) in [6.07, 6.45) is -9.51. The summed E-state index contributed by atoms with van der Waals surface area (Å²) in [4.78, 5) is 2.74. The van der Waals surface area contributed by atoms with E-state index < -0.39 is 41.7 Å². The molecule has 92 valence electrons. The Balaban J connectivity index is 3.54. The molecule has 0 amide bonds. The average Bonchev–Trinajstić information content (AvgIpc) is 2.18. The Kier molecular flexibility index (Phi) is 3.60. The third-order valence-corrected chi connectivity index (χ3v) is 1.95. The smallest absolute Gasteiger partial charge is 0.227 e. The van der Waals surface area contributed by atoms with Gasteiger partial charge in [-0.15, -0.1) is 0 Å². The Bertz CT molecular complexity index is 460. The molecule has 0 aliphatic rings. The fourth-order valence-electron chi connectivity index (χ4n) is 1.26. The fraction of sp³-hybridized carbons (Fsp3) is 0.333. The van der Waals surface area contributed by atoms with Crippen LogP contribution in [-0.2, 0) is 12.6 Å². The highest BCUT2D eigenvalue weighted by molar-refractivity contribution is 5.37. The molecule has 0 fully saturated rings. The van der Waals surface area contributed by atoms with Crippen LogP contribution in [0.3, 0.4) is 0 Å². The highest BCUT2D eigenvalue weighted by Gasteiger charge is 2.38. The molecule has 1 rings (SSSR count). The van der Waals surface area contributed by atoms with Gasteiger partial charge in [0.1, 0.15) is 0 Å². The van der Waals surface area contributed by atoms with E-state index in [9.17, 15) is 26.3 Å². The Labute approximate surface area is 91.5 Å². The van der Waals surface area contributed by atoms with Crippen LogP contribution in [0.25, 0.3) is 0 Å². The summed E-state index contributed by atoms with van der Waals surface area (Å²) < 4.78 is 75.2. The maximum Gasteiger partial charge on any atom is 0.418 e. The Morgan fingerprint density at radius 3 is 2.35 bits per heavy atom. The molecular formula is C9H4F6N2. The molecule has 0 unspecified atom stereocenters. The summed E-state index contributed by atoms with van der Waals surface area (Å²) in [5.41, 5.74) is -4.26. The van der Waals surface area contributed by atoms with Crippen molar-refractivity contribution >= 4 is 0 Å². The molecule has 0 saturated heterocycles. The van der Waals surface area contributed by atoms with Gasteiger partial charge in [0.2, 0.25) is 5.95 Å². The number of hydrogen-bond acceptors (Lipinski definition) is 2. The van der Waals surface area contributed by atoms with Gasteiger partial charge in [-0.3, -0.25) is 0 Å². The van der Waals surface area contributed by atoms with E-state index in [1.165, 1.54) is 6.07 Å². The summed E-state index contributed by atoms with van der Waals surface area (Å²) in [7, 11) is 0. The quantitative estimate of drug-likeness (QED) is 0.600. The zero-order chi connectivity index (χ0) is 13.2. The van der Waals surface area contributed by atoms with Crippen molar-refractivity contribution in [3.8, 4) is 6.07 Å². The van der Waals surface area contributed by atoms with E-state index >= 15 is 0 Å². The fourth-order valence-corrected chi connectivity index (χ4v) is 1.26. The minimum absolute atomic E-state index is 0.00228. The largest absolute Gasteiger partial charge is 0.418 e. The Morgan fingerprint density at radius 1 is 1.35 bits per heavy atom. The average molecular weight is 254 g/mol. The van der Waals surface area contributed by atoms with Gasteiger partial charge in [0.25, 0.3) is 6.43 Å². The van der Waals surface area contributed by atoms with Crippen LogP contribution in [0.4, 0.5) is 26.3 Å². The normalized spacial score (nSPS) is 11.6. The van der Waals surface area contributed by atoms with Crippen LogP contribution >= 0.6 is 0 Å². The molecule has 0 aliphatic carbocycles. The number of pyridine rings is 1. The Hall–Kier alpha value is -1.78. The molecular weight excluding hydrogens is 250 g/mol. The molecule has 1 aromatic heterocycles. The van der Waals surface area contributed by atoms with Crippen molar-refractivity contribution < 1.29 is 26.3 Å². The van der Waals surface area contributed by atoms with E-state index in [0.717, 1.165) is 0 Å². The van der Waals surface area contributed by atoms with E-state index in [0.29, 0.717) is 0 Å². The monoisotopic (exact) mass is 254 g/mol. The molecule has 0 atom stereocenters. The zero-order valence-electron chi connectivity index (χ0n) is 8.02. The molecule has 2 nitrogen and oxygen atoms in total. The van der Waals surface area contributed by atoms with Crippen LogP contribution in [-0.4, -0.2) is 4.98 Å². The molecule has 0 spiro atoms. The molecule has 1 aromatic rings. The topological polar surface area (TPSA) is 36.7 Å². The van der Waals surface area contributed by atoms with E-state index in [2.05, 4.69) is 4.98 Å². The highest BCUT2D eigenvalue weighted by Crippen LogP contribution is 2.38. The molecule has 17 heavy (non-hydrogen) atoms. The van der Waals surface area contributed by atoms with Crippen LogP contribution in [0.2, 0.25) is 0 Å². The van der Waals surface area contributed by atoms with E-state index in [-0.39, 0.29) is 6.20 Å². The standard InChI is InChI=1S/C9H4F6N2/c10-7(11)6-4(1-2-16)8(12)17-3-5(6)9(13,14)15/h3,7H,1H2. The van der Waals surface area contributed by atoms with Crippen LogP contribution in [0, 0.1) is 17.3 Å². The molecule has 0 bridgehead atoms. The zero-order valence-corrected chi connectivity index (χ0v) is 8.02. The summed E-state index contributed by atoms with van der Waals surface area (Å²) in [6, 6.07) is 1.32. The molecule has 0 N–H and O–H groups in total. The van der Waals surface area contributed by atoms with Gasteiger partial charge < -0.3 is 0 Å². The second kappa shape index (κ2) is 4.61. The summed E-state index contributed by atoms with van der Waals surface area (Å²) >= 11 is 0. The first kappa shape index (κ1) is 13.3. The maximum absolute atomic E-state index is 13.0. The number of nitrogens with zero attached hydrogens (tertiary/aromatic N) is 2. The van der Waals surface area contributed by atoms with Crippen molar-refractivity contribution in [2.45, 2.75) is 19.0 Å². The third kappa shape index (κ3) is 2.67. The second-order valence-electron chi connectivity index (χ2n) is 2.99. The lowest BCUT2D eigenvalue weighted by Gasteiger charge is -2.14. The first-order chi connectivity index (χ1) is 7.79. The van der Waals surface area contributed by atoms with E-state index in [1.807, 2.05) is 0 Å². The number of rotatable bonds is 2. The number of hydrogen-bond donors (Lipinski definition) is 0. The summed E-state index contributed by atoms with van der Waals surface area (Å²) in [5, 5.41) is 8.27.